The van der Waals surface area contributed by atoms with Gasteiger partial charge in [-0.3, -0.25) is 0 Å². The van der Waals surface area contributed by atoms with Gasteiger partial charge in [-0.15, -0.1) is 0 Å². The maximum absolute atomic E-state index is 5.71. The van der Waals surface area contributed by atoms with Crippen molar-refractivity contribution in [3.63, 3.8) is 0 Å². The fourth-order valence-corrected chi connectivity index (χ4v) is 2.54. The van der Waals surface area contributed by atoms with Crippen molar-refractivity contribution in [1.29, 1.82) is 0 Å². The van der Waals surface area contributed by atoms with E-state index >= 15 is 0 Å². The van der Waals surface area contributed by atoms with Crippen molar-refractivity contribution in [3.05, 3.63) is 29.3 Å². The summed E-state index contributed by atoms with van der Waals surface area (Å²) < 4.78 is 5.71. The van der Waals surface area contributed by atoms with Crippen molar-refractivity contribution in [2.75, 3.05) is 25.1 Å². The van der Waals surface area contributed by atoms with E-state index in [9.17, 15) is 0 Å². The van der Waals surface area contributed by atoms with E-state index in [-0.39, 0.29) is 0 Å². The van der Waals surface area contributed by atoms with Crippen LogP contribution in [0.2, 0.25) is 0 Å². The Bertz CT molecular complexity index is 448. The molecular formula is C13H15NO. The van der Waals surface area contributed by atoms with Crippen LogP contribution < -0.4 is 9.64 Å². The number of anilines is 1. The molecule has 0 aromatic heterocycles. The van der Waals surface area contributed by atoms with Crippen molar-refractivity contribution in [1.82, 2.24) is 0 Å². The molecular weight excluding hydrogens is 186 g/mol. The van der Waals surface area contributed by atoms with Crippen LogP contribution in [0.15, 0.2) is 18.2 Å². The molecule has 0 fully saturated rings. The number of ether oxygens (including phenoxy) is 1. The van der Waals surface area contributed by atoms with E-state index in [1.807, 2.05) is 0 Å². The van der Waals surface area contributed by atoms with E-state index in [2.05, 4.69) is 37.1 Å². The minimum atomic E-state index is 0.824. The zero-order valence-corrected chi connectivity index (χ0v) is 9.21. The van der Waals surface area contributed by atoms with Crippen molar-refractivity contribution in [3.8, 4) is 5.75 Å². The van der Waals surface area contributed by atoms with E-state index in [1.54, 1.807) is 0 Å². The molecule has 0 bridgehead atoms. The number of hydrogen-bond acceptors (Lipinski definition) is 2. The molecule has 2 heterocycles. The highest BCUT2D eigenvalue weighted by atomic mass is 16.5. The summed E-state index contributed by atoms with van der Waals surface area (Å²) in [6.45, 7) is 4.02. The quantitative estimate of drug-likeness (QED) is 0.639. The second kappa shape index (κ2) is 3.02. The van der Waals surface area contributed by atoms with E-state index in [0.29, 0.717) is 0 Å². The monoisotopic (exact) mass is 201 g/mol. The van der Waals surface area contributed by atoms with Gasteiger partial charge in [0, 0.05) is 25.6 Å². The van der Waals surface area contributed by atoms with Crippen LogP contribution in [-0.2, 0) is 0 Å². The van der Waals surface area contributed by atoms with Gasteiger partial charge in [-0.25, -0.2) is 0 Å². The zero-order chi connectivity index (χ0) is 10.4. The summed E-state index contributed by atoms with van der Waals surface area (Å²) in [6, 6.07) is 4.25. The van der Waals surface area contributed by atoms with Crippen LogP contribution in [0, 0.1) is 6.92 Å². The average molecular weight is 201 g/mol. The molecule has 3 rings (SSSR count). The first-order valence-electron chi connectivity index (χ1n) is 5.44. The van der Waals surface area contributed by atoms with Crippen LogP contribution in [0.3, 0.4) is 0 Å². The molecule has 78 valence electrons. The van der Waals surface area contributed by atoms with Crippen LogP contribution in [0.25, 0.3) is 5.57 Å². The lowest BCUT2D eigenvalue weighted by Crippen LogP contribution is -2.25. The maximum atomic E-state index is 5.71. The number of nitrogens with zero attached hydrogens (tertiary/aromatic N) is 1. The molecule has 0 aliphatic carbocycles. The summed E-state index contributed by atoms with van der Waals surface area (Å²) in [7, 11) is 2.14. The molecule has 1 aromatic rings. The molecule has 0 unspecified atom stereocenters. The van der Waals surface area contributed by atoms with Gasteiger partial charge in [-0.2, -0.15) is 0 Å². The number of benzene rings is 1. The Kier molecular flexibility index (Phi) is 1.78. The molecule has 2 aliphatic heterocycles. The van der Waals surface area contributed by atoms with Gasteiger partial charge >= 0.3 is 0 Å². The number of aryl methyl sites for hydroxylation is 1. The van der Waals surface area contributed by atoms with Crippen LogP contribution in [0.4, 0.5) is 5.69 Å². The number of likely N-dealkylation sites (N-methyl/N-ethyl adjacent to an activating group) is 1. The van der Waals surface area contributed by atoms with E-state index < -0.39 is 0 Å². The molecule has 0 saturated heterocycles. The molecule has 2 aliphatic rings. The van der Waals surface area contributed by atoms with Crippen LogP contribution >= 0.6 is 0 Å². The molecule has 0 spiro atoms. The molecule has 2 nitrogen and oxygen atoms in total. The Labute approximate surface area is 90.2 Å². The molecule has 2 heteroatoms. The SMILES string of the molecule is Cc1ccc2c3c1N(C)CC=C3CCO2. The molecule has 0 saturated carbocycles. The average Bonchev–Trinajstić information content (AvgIpc) is 2.25. The van der Waals surface area contributed by atoms with Gasteiger partial charge in [0.15, 0.2) is 0 Å². The van der Waals surface area contributed by atoms with Crippen molar-refractivity contribution in [2.24, 2.45) is 0 Å². The van der Waals surface area contributed by atoms with E-state index in [4.69, 9.17) is 4.74 Å². The highest BCUT2D eigenvalue weighted by Crippen LogP contribution is 2.43. The number of rotatable bonds is 0. The van der Waals surface area contributed by atoms with Gasteiger partial charge in [0.2, 0.25) is 0 Å². The molecule has 0 N–H and O–H groups in total. The third-order valence-corrected chi connectivity index (χ3v) is 3.28. The predicted molar refractivity (Wildman–Crippen MR) is 62.5 cm³/mol. The fraction of sp³-hybridized carbons (Fsp3) is 0.385. The first-order valence-corrected chi connectivity index (χ1v) is 5.44. The van der Waals surface area contributed by atoms with E-state index in [1.165, 1.54) is 22.4 Å². The smallest absolute Gasteiger partial charge is 0.128 e. The second-order valence-corrected chi connectivity index (χ2v) is 4.31. The standard InChI is InChI=1S/C13H15NO/c1-9-3-4-11-12-10(6-8-15-11)5-7-14(2)13(9)12/h3-5H,6-8H2,1-2H3. The van der Waals surface area contributed by atoms with Crippen LogP contribution in [0.1, 0.15) is 17.5 Å². The maximum Gasteiger partial charge on any atom is 0.128 e. The summed E-state index contributed by atoms with van der Waals surface area (Å²) in [6.07, 6.45) is 3.38. The topological polar surface area (TPSA) is 12.5 Å². The lowest BCUT2D eigenvalue weighted by Gasteiger charge is -2.33. The number of hydrogen-bond donors (Lipinski definition) is 0. The Morgan fingerprint density at radius 3 is 3.07 bits per heavy atom. The molecule has 1 aromatic carbocycles. The minimum absolute atomic E-state index is 0.824. The first-order chi connectivity index (χ1) is 7.27. The normalized spacial score (nSPS) is 18.0. The summed E-state index contributed by atoms with van der Waals surface area (Å²) in [5.74, 6) is 1.06. The van der Waals surface area contributed by atoms with Gasteiger partial charge in [0.25, 0.3) is 0 Å². The third kappa shape index (κ3) is 1.17. The Balaban J connectivity index is 2.31. The fourth-order valence-electron chi connectivity index (χ4n) is 2.54. The second-order valence-electron chi connectivity index (χ2n) is 4.31. The van der Waals surface area contributed by atoms with Gasteiger partial charge in [-0.1, -0.05) is 12.1 Å². The van der Waals surface area contributed by atoms with Gasteiger partial charge < -0.3 is 9.64 Å². The molecule has 0 amide bonds. The lowest BCUT2D eigenvalue weighted by atomic mass is 9.92. The highest BCUT2D eigenvalue weighted by molar-refractivity contribution is 5.86. The molecule has 15 heavy (non-hydrogen) atoms. The van der Waals surface area contributed by atoms with Gasteiger partial charge in [0.05, 0.1) is 12.3 Å². The van der Waals surface area contributed by atoms with Crippen molar-refractivity contribution >= 4 is 11.3 Å². The summed E-state index contributed by atoms with van der Waals surface area (Å²) >= 11 is 0. The highest BCUT2D eigenvalue weighted by Gasteiger charge is 2.25. The first kappa shape index (κ1) is 8.84. The lowest BCUT2D eigenvalue weighted by molar-refractivity contribution is 0.316. The van der Waals surface area contributed by atoms with Gasteiger partial charge in [0.1, 0.15) is 5.75 Å². The molecule has 0 atom stereocenters. The van der Waals surface area contributed by atoms with Crippen molar-refractivity contribution in [2.45, 2.75) is 13.3 Å². The zero-order valence-electron chi connectivity index (χ0n) is 9.21. The Morgan fingerprint density at radius 1 is 1.33 bits per heavy atom. The molecule has 0 radical (unpaired) electrons. The van der Waals surface area contributed by atoms with Crippen LogP contribution in [0.5, 0.6) is 5.75 Å². The Morgan fingerprint density at radius 2 is 2.20 bits per heavy atom. The minimum Gasteiger partial charge on any atom is -0.493 e. The largest absolute Gasteiger partial charge is 0.493 e. The Hall–Kier alpha value is -1.44. The van der Waals surface area contributed by atoms with Gasteiger partial charge in [-0.05, 0) is 24.1 Å². The summed E-state index contributed by atoms with van der Waals surface area (Å²) in [5, 5.41) is 0. The van der Waals surface area contributed by atoms with Crippen molar-refractivity contribution < 1.29 is 4.74 Å². The van der Waals surface area contributed by atoms with Crippen LogP contribution in [-0.4, -0.2) is 20.2 Å². The predicted octanol–water partition coefficient (Wildman–Crippen LogP) is 2.61. The summed E-state index contributed by atoms with van der Waals surface area (Å²) in [4.78, 5) is 2.30. The van der Waals surface area contributed by atoms with E-state index in [0.717, 1.165) is 25.3 Å². The summed E-state index contributed by atoms with van der Waals surface area (Å²) in [5.41, 5.74) is 5.49. The third-order valence-electron chi connectivity index (χ3n) is 3.28.